The van der Waals surface area contributed by atoms with Gasteiger partial charge in [-0.05, 0) is 42.7 Å². The molecule has 1 unspecified atom stereocenters. The van der Waals surface area contributed by atoms with E-state index in [1.807, 2.05) is 31.4 Å². The Bertz CT molecular complexity index is 1230. The van der Waals surface area contributed by atoms with E-state index in [1.165, 1.54) is 22.5 Å². The van der Waals surface area contributed by atoms with Crippen LogP contribution in [0.25, 0.3) is 11.0 Å². The Morgan fingerprint density at radius 2 is 2.13 bits per heavy atom. The highest BCUT2D eigenvalue weighted by molar-refractivity contribution is 7.89. The normalized spacial score (nSPS) is 20.2. The van der Waals surface area contributed by atoms with Gasteiger partial charge < -0.3 is 9.88 Å². The summed E-state index contributed by atoms with van der Waals surface area (Å²) in [5.41, 5.74) is 2.14. The van der Waals surface area contributed by atoms with Crippen molar-refractivity contribution in [2.24, 2.45) is 5.92 Å². The summed E-state index contributed by atoms with van der Waals surface area (Å²) in [7, 11) is -1.78. The number of piperidine rings is 1. The SMILES string of the molecule is C[C@@H]1CCN(S(=O)(=O)c2ccc(C#N)cc2Cl)CC1N(C)c1ccnc2[nH]ccc12. The number of benzene rings is 1. The van der Waals surface area contributed by atoms with Gasteiger partial charge in [0.25, 0.3) is 0 Å². The average molecular weight is 444 g/mol. The largest absolute Gasteiger partial charge is 0.369 e. The lowest BCUT2D eigenvalue weighted by atomic mass is 9.93. The topological polar surface area (TPSA) is 93.1 Å². The summed E-state index contributed by atoms with van der Waals surface area (Å²) < 4.78 is 28.1. The number of fused-ring (bicyclic) bond motifs is 1. The van der Waals surface area contributed by atoms with E-state index in [0.717, 1.165) is 23.1 Å². The fourth-order valence-electron chi connectivity index (χ4n) is 4.09. The zero-order chi connectivity index (χ0) is 21.5. The van der Waals surface area contributed by atoms with Crippen LogP contribution in [0.5, 0.6) is 0 Å². The number of pyridine rings is 1. The number of nitrogens with zero attached hydrogens (tertiary/aromatic N) is 4. The number of hydrogen-bond donors (Lipinski definition) is 1. The van der Waals surface area contributed by atoms with Gasteiger partial charge in [0.15, 0.2) is 0 Å². The van der Waals surface area contributed by atoms with Crippen molar-refractivity contribution in [1.29, 1.82) is 5.26 Å². The van der Waals surface area contributed by atoms with Gasteiger partial charge in [-0.2, -0.15) is 9.57 Å². The molecule has 3 heterocycles. The van der Waals surface area contributed by atoms with Crippen LogP contribution in [-0.4, -0.2) is 48.9 Å². The Morgan fingerprint density at radius 1 is 1.33 bits per heavy atom. The van der Waals surface area contributed by atoms with E-state index in [1.54, 1.807) is 6.20 Å². The number of aromatic nitrogens is 2. The van der Waals surface area contributed by atoms with Crippen LogP contribution in [0.1, 0.15) is 18.9 Å². The molecule has 7 nitrogen and oxygen atoms in total. The highest BCUT2D eigenvalue weighted by Gasteiger charge is 2.37. The van der Waals surface area contributed by atoms with E-state index in [2.05, 4.69) is 21.8 Å². The van der Waals surface area contributed by atoms with E-state index in [-0.39, 0.29) is 16.0 Å². The van der Waals surface area contributed by atoms with E-state index < -0.39 is 10.0 Å². The Hall–Kier alpha value is -2.60. The molecule has 1 aromatic carbocycles. The van der Waals surface area contributed by atoms with Crippen molar-refractivity contribution in [3.05, 3.63) is 53.3 Å². The Kier molecular flexibility index (Phi) is 5.45. The van der Waals surface area contributed by atoms with Crippen LogP contribution < -0.4 is 4.90 Å². The van der Waals surface area contributed by atoms with Crippen molar-refractivity contribution in [2.45, 2.75) is 24.3 Å². The minimum absolute atomic E-state index is 0.00816. The first-order chi connectivity index (χ1) is 14.3. The predicted octanol–water partition coefficient (Wildman–Crippen LogP) is 3.62. The minimum atomic E-state index is -3.77. The van der Waals surface area contributed by atoms with Gasteiger partial charge in [-0.1, -0.05) is 18.5 Å². The van der Waals surface area contributed by atoms with E-state index >= 15 is 0 Å². The Morgan fingerprint density at radius 3 is 2.87 bits per heavy atom. The molecule has 0 spiro atoms. The molecule has 1 aliphatic rings. The molecule has 1 aliphatic heterocycles. The number of hydrogen-bond acceptors (Lipinski definition) is 5. The second kappa shape index (κ2) is 7.91. The van der Waals surface area contributed by atoms with Crippen molar-refractivity contribution in [3.8, 4) is 6.07 Å². The lowest BCUT2D eigenvalue weighted by molar-refractivity contribution is 0.248. The number of sulfonamides is 1. The highest BCUT2D eigenvalue weighted by Crippen LogP contribution is 2.33. The lowest BCUT2D eigenvalue weighted by Gasteiger charge is -2.42. The first-order valence-electron chi connectivity index (χ1n) is 9.67. The van der Waals surface area contributed by atoms with Crippen LogP contribution in [-0.2, 0) is 10.0 Å². The Balaban J connectivity index is 1.65. The maximum absolute atomic E-state index is 13.3. The second-order valence-electron chi connectivity index (χ2n) is 7.63. The van der Waals surface area contributed by atoms with Crippen LogP contribution >= 0.6 is 11.6 Å². The molecule has 0 bridgehead atoms. The number of nitrogens with one attached hydrogen (secondary N) is 1. The number of likely N-dealkylation sites (N-methyl/N-ethyl adjacent to an activating group) is 1. The highest BCUT2D eigenvalue weighted by atomic mass is 35.5. The molecule has 1 saturated heterocycles. The van der Waals surface area contributed by atoms with Crippen molar-refractivity contribution in [2.75, 3.05) is 25.0 Å². The Labute approximate surface area is 180 Å². The van der Waals surface area contributed by atoms with Gasteiger partial charge in [-0.25, -0.2) is 13.4 Å². The summed E-state index contributed by atoms with van der Waals surface area (Å²) in [6, 6.07) is 10.2. The van der Waals surface area contributed by atoms with Gasteiger partial charge in [0.2, 0.25) is 10.0 Å². The van der Waals surface area contributed by atoms with Crippen molar-refractivity contribution >= 4 is 38.3 Å². The number of H-pyrrole nitrogens is 1. The average Bonchev–Trinajstić information content (AvgIpc) is 3.22. The molecule has 2 atom stereocenters. The number of aromatic amines is 1. The van der Waals surface area contributed by atoms with E-state index in [4.69, 9.17) is 16.9 Å². The van der Waals surface area contributed by atoms with Gasteiger partial charge in [-0.3, -0.25) is 0 Å². The molecule has 4 rings (SSSR count). The maximum atomic E-state index is 13.3. The molecule has 0 saturated carbocycles. The first kappa shape index (κ1) is 20.7. The van der Waals surface area contributed by atoms with Crippen molar-refractivity contribution in [3.63, 3.8) is 0 Å². The third kappa shape index (κ3) is 3.54. The summed E-state index contributed by atoms with van der Waals surface area (Å²) in [6.07, 6.45) is 4.34. The number of rotatable bonds is 4. The second-order valence-corrected chi connectivity index (χ2v) is 9.95. The standard InChI is InChI=1S/C21H22ClN5O2S/c1-14-7-10-27(30(28,29)20-4-3-15(12-23)11-17(20)22)13-19(14)26(2)18-6-9-25-21-16(18)5-8-24-21/h3-6,8-9,11,14,19H,7,10,13H2,1-2H3,(H,24,25)/t14-,19?/m1/s1. The summed E-state index contributed by atoms with van der Waals surface area (Å²) in [4.78, 5) is 9.64. The molecule has 0 amide bonds. The van der Waals surface area contributed by atoms with Crippen LogP contribution in [0.4, 0.5) is 5.69 Å². The van der Waals surface area contributed by atoms with Gasteiger partial charge >= 0.3 is 0 Å². The van der Waals surface area contributed by atoms with Gasteiger partial charge in [-0.15, -0.1) is 0 Å². The summed E-state index contributed by atoms with van der Waals surface area (Å²) >= 11 is 6.21. The molecule has 0 aliphatic carbocycles. The molecule has 9 heteroatoms. The predicted molar refractivity (Wildman–Crippen MR) is 117 cm³/mol. The molecule has 0 radical (unpaired) electrons. The third-order valence-corrected chi connectivity index (χ3v) is 8.22. The van der Waals surface area contributed by atoms with Crippen molar-refractivity contribution in [1.82, 2.24) is 14.3 Å². The summed E-state index contributed by atoms with van der Waals surface area (Å²) in [5.74, 6) is 0.306. The fraction of sp³-hybridized carbons (Fsp3) is 0.333. The van der Waals surface area contributed by atoms with Crippen LogP contribution in [0.3, 0.4) is 0 Å². The van der Waals surface area contributed by atoms with E-state index in [9.17, 15) is 8.42 Å². The molecular formula is C21H22ClN5O2S. The zero-order valence-corrected chi connectivity index (χ0v) is 18.3. The van der Waals surface area contributed by atoms with Gasteiger partial charge in [0.05, 0.1) is 16.7 Å². The van der Waals surface area contributed by atoms with E-state index in [0.29, 0.717) is 24.6 Å². The molecule has 30 heavy (non-hydrogen) atoms. The monoisotopic (exact) mass is 443 g/mol. The van der Waals surface area contributed by atoms with Crippen molar-refractivity contribution < 1.29 is 8.42 Å². The van der Waals surface area contributed by atoms with Crippen LogP contribution in [0.2, 0.25) is 5.02 Å². The van der Waals surface area contributed by atoms with Gasteiger partial charge in [0.1, 0.15) is 10.5 Å². The zero-order valence-electron chi connectivity index (χ0n) is 16.7. The molecule has 2 aromatic heterocycles. The fourth-order valence-corrected chi connectivity index (χ4v) is 6.08. The number of halogens is 1. The smallest absolute Gasteiger partial charge is 0.244 e. The molecule has 3 aromatic rings. The van der Waals surface area contributed by atoms with Crippen LogP contribution in [0.15, 0.2) is 47.6 Å². The first-order valence-corrected chi connectivity index (χ1v) is 11.5. The number of anilines is 1. The van der Waals surface area contributed by atoms with Crippen LogP contribution in [0, 0.1) is 17.2 Å². The lowest BCUT2D eigenvalue weighted by Crippen LogP contribution is -2.52. The molecule has 1 N–H and O–H groups in total. The third-order valence-electron chi connectivity index (χ3n) is 5.87. The van der Waals surface area contributed by atoms with Gasteiger partial charge in [0, 0.05) is 49.6 Å². The summed E-state index contributed by atoms with van der Waals surface area (Å²) in [5, 5.41) is 10.1. The summed E-state index contributed by atoms with van der Waals surface area (Å²) in [6.45, 7) is 2.93. The quantitative estimate of drug-likeness (QED) is 0.664. The molecular weight excluding hydrogens is 422 g/mol. The molecule has 156 valence electrons. The maximum Gasteiger partial charge on any atom is 0.244 e. The molecule has 1 fully saturated rings. The number of nitriles is 1. The minimum Gasteiger partial charge on any atom is -0.369 e.